The maximum Gasteiger partial charge on any atom is 0.255 e. The van der Waals surface area contributed by atoms with E-state index in [9.17, 15) is 4.79 Å². The van der Waals surface area contributed by atoms with E-state index in [0.717, 1.165) is 42.7 Å². The van der Waals surface area contributed by atoms with Gasteiger partial charge in [0.1, 0.15) is 0 Å². The number of anilines is 2. The lowest BCUT2D eigenvalue weighted by molar-refractivity contribution is 0.102. The molecule has 3 nitrogen and oxygen atoms in total. The Morgan fingerprint density at radius 2 is 2.14 bits per heavy atom. The Labute approximate surface area is 125 Å². The third-order valence-electron chi connectivity index (χ3n) is 3.90. The van der Waals surface area contributed by atoms with Gasteiger partial charge in [0.15, 0.2) is 0 Å². The normalized spacial score (nSPS) is 13.2. The van der Waals surface area contributed by atoms with Crippen LogP contribution in [-0.2, 0) is 12.8 Å². The minimum absolute atomic E-state index is 0.0448. The maximum atomic E-state index is 12.4. The highest BCUT2D eigenvalue weighted by atomic mass is 16.1. The predicted octanol–water partition coefficient (Wildman–Crippen LogP) is 3.86. The molecule has 0 spiro atoms. The third-order valence-corrected chi connectivity index (χ3v) is 3.90. The van der Waals surface area contributed by atoms with Crippen LogP contribution in [0.4, 0.5) is 11.4 Å². The number of amides is 1. The summed E-state index contributed by atoms with van der Waals surface area (Å²) in [5.74, 6) is -0.0448. The summed E-state index contributed by atoms with van der Waals surface area (Å²) in [6.07, 6.45) is 3.12. The fourth-order valence-electron chi connectivity index (χ4n) is 2.69. The SMILES string of the molecule is CCc1cccc(NC(=O)c2ccc3c(c2)CCCN3)c1. The smallest absolute Gasteiger partial charge is 0.255 e. The monoisotopic (exact) mass is 280 g/mol. The van der Waals surface area contributed by atoms with Crippen molar-refractivity contribution in [2.45, 2.75) is 26.2 Å². The minimum Gasteiger partial charge on any atom is -0.385 e. The number of carbonyl (C=O) groups excluding carboxylic acids is 1. The lowest BCUT2D eigenvalue weighted by Gasteiger charge is -2.18. The molecule has 0 fully saturated rings. The molecule has 3 heteroatoms. The molecule has 2 aromatic carbocycles. The number of carbonyl (C=O) groups is 1. The second kappa shape index (κ2) is 6.00. The summed E-state index contributed by atoms with van der Waals surface area (Å²) in [6, 6.07) is 13.9. The van der Waals surface area contributed by atoms with Crippen LogP contribution >= 0.6 is 0 Å². The van der Waals surface area contributed by atoms with Gasteiger partial charge in [-0.15, -0.1) is 0 Å². The average molecular weight is 280 g/mol. The predicted molar refractivity (Wildman–Crippen MR) is 87.0 cm³/mol. The number of aryl methyl sites for hydroxylation is 2. The fourth-order valence-corrected chi connectivity index (χ4v) is 2.69. The summed E-state index contributed by atoms with van der Waals surface area (Å²) >= 11 is 0. The zero-order valence-electron chi connectivity index (χ0n) is 12.3. The summed E-state index contributed by atoms with van der Waals surface area (Å²) < 4.78 is 0. The minimum atomic E-state index is -0.0448. The van der Waals surface area contributed by atoms with E-state index in [1.54, 1.807) is 0 Å². The van der Waals surface area contributed by atoms with E-state index in [1.807, 2.05) is 36.4 Å². The summed E-state index contributed by atoms with van der Waals surface area (Å²) in [6.45, 7) is 3.12. The van der Waals surface area contributed by atoms with Crippen LogP contribution in [0, 0.1) is 0 Å². The average Bonchev–Trinajstić information content (AvgIpc) is 2.54. The molecule has 0 radical (unpaired) electrons. The van der Waals surface area contributed by atoms with E-state index in [-0.39, 0.29) is 5.91 Å². The number of hydrogen-bond acceptors (Lipinski definition) is 2. The number of nitrogens with one attached hydrogen (secondary N) is 2. The molecule has 0 atom stereocenters. The summed E-state index contributed by atoms with van der Waals surface area (Å²) in [5.41, 5.74) is 5.19. The molecule has 0 saturated heterocycles. The first-order valence-electron chi connectivity index (χ1n) is 7.53. The van der Waals surface area contributed by atoms with E-state index >= 15 is 0 Å². The highest BCUT2D eigenvalue weighted by Crippen LogP contribution is 2.23. The molecule has 0 bridgehead atoms. The van der Waals surface area contributed by atoms with Crippen LogP contribution in [0.1, 0.15) is 34.8 Å². The number of rotatable bonds is 3. The van der Waals surface area contributed by atoms with Gasteiger partial charge in [0.2, 0.25) is 0 Å². The van der Waals surface area contributed by atoms with Crippen LogP contribution in [0.25, 0.3) is 0 Å². The Morgan fingerprint density at radius 3 is 3.00 bits per heavy atom. The van der Waals surface area contributed by atoms with Gasteiger partial charge in [-0.25, -0.2) is 0 Å². The van der Waals surface area contributed by atoms with Crippen LogP contribution in [0.15, 0.2) is 42.5 Å². The zero-order valence-corrected chi connectivity index (χ0v) is 12.3. The van der Waals surface area contributed by atoms with Gasteiger partial charge >= 0.3 is 0 Å². The van der Waals surface area contributed by atoms with Crippen LogP contribution in [-0.4, -0.2) is 12.5 Å². The molecular weight excluding hydrogens is 260 g/mol. The summed E-state index contributed by atoms with van der Waals surface area (Å²) in [5, 5.41) is 6.34. The second-order valence-electron chi connectivity index (χ2n) is 5.41. The molecule has 0 aromatic heterocycles. The highest BCUT2D eigenvalue weighted by Gasteiger charge is 2.12. The molecule has 108 valence electrons. The molecule has 0 aliphatic carbocycles. The Bertz CT molecular complexity index is 664. The van der Waals surface area contributed by atoms with Crippen molar-refractivity contribution in [3.8, 4) is 0 Å². The van der Waals surface area contributed by atoms with Crippen LogP contribution in [0.2, 0.25) is 0 Å². The highest BCUT2D eigenvalue weighted by molar-refractivity contribution is 6.04. The quantitative estimate of drug-likeness (QED) is 0.896. The lowest BCUT2D eigenvalue weighted by Crippen LogP contribution is -2.15. The first-order chi connectivity index (χ1) is 10.3. The van der Waals surface area contributed by atoms with E-state index < -0.39 is 0 Å². The van der Waals surface area contributed by atoms with Gasteiger partial charge in [0.05, 0.1) is 0 Å². The second-order valence-corrected chi connectivity index (χ2v) is 5.41. The van der Waals surface area contributed by atoms with Crippen molar-refractivity contribution in [3.05, 3.63) is 59.2 Å². The van der Waals surface area contributed by atoms with Gasteiger partial charge < -0.3 is 10.6 Å². The molecule has 1 aliphatic heterocycles. The van der Waals surface area contributed by atoms with E-state index in [4.69, 9.17) is 0 Å². The van der Waals surface area contributed by atoms with Crippen molar-refractivity contribution in [2.75, 3.05) is 17.2 Å². The molecule has 1 amide bonds. The Hall–Kier alpha value is -2.29. The van der Waals surface area contributed by atoms with Crippen molar-refractivity contribution in [3.63, 3.8) is 0 Å². The summed E-state index contributed by atoms with van der Waals surface area (Å²) in [4.78, 5) is 12.4. The third kappa shape index (κ3) is 3.07. The molecule has 2 N–H and O–H groups in total. The maximum absolute atomic E-state index is 12.4. The van der Waals surface area contributed by atoms with Crippen molar-refractivity contribution < 1.29 is 4.79 Å². The first-order valence-corrected chi connectivity index (χ1v) is 7.53. The van der Waals surface area contributed by atoms with Crippen molar-refractivity contribution >= 4 is 17.3 Å². The molecule has 21 heavy (non-hydrogen) atoms. The first kappa shape index (κ1) is 13.7. The largest absolute Gasteiger partial charge is 0.385 e. The molecule has 0 saturated carbocycles. The van der Waals surface area contributed by atoms with Gasteiger partial charge in [0.25, 0.3) is 5.91 Å². The van der Waals surface area contributed by atoms with Crippen LogP contribution < -0.4 is 10.6 Å². The van der Waals surface area contributed by atoms with Gasteiger partial charge in [-0.05, 0) is 60.7 Å². The molecule has 1 heterocycles. The molecule has 1 aliphatic rings. The van der Waals surface area contributed by atoms with E-state index in [2.05, 4.69) is 23.6 Å². The van der Waals surface area contributed by atoms with E-state index in [1.165, 1.54) is 11.1 Å². The Kier molecular flexibility index (Phi) is 3.91. The van der Waals surface area contributed by atoms with Crippen LogP contribution in [0.3, 0.4) is 0 Å². The van der Waals surface area contributed by atoms with Gasteiger partial charge in [-0.1, -0.05) is 19.1 Å². The zero-order chi connectivity index (χ0) is 14.7. The topological polar surface area (TPSA) is 41.1 Å². The molecular formula is C18H20N2O. The van der Waals surface area contributed by atoms with Gasteiger partial charge in [-0.2, -0.15) is 0 Å². The molecule has 3 rings (SSSR count). The van der Waals surface area contributed by atoms with E-state index in [0.29, 0.717) is 0 Å². The van der Waals surface area contributed by atoms with Gasteiger partial charge in [0, 0.05) is 23.5 Å². The Balaban J connectivity index is 1.78. The number of benzene rings is 2. The fraction of sp³-hybridized carbons (Fsp3) is 0.278. The number of fused-ring (bicyclic) bond motifs is 1. The molecule has 0 unspecified atom stereocenters. The summed E-state index contributed by atoms with van der Waals surface area (Å²) in [7, 11) is 0. The number of hydrogen-bond donors (Lipinski definition) is 2. The van der Waals surface area contributed by atoms with Crippen LogP contribution in [0.5, 0.6) is 0 Å². The van der Waals surface area contributed by atoms with Gasteiger partial charge in [-0.3, -0.25) is 4.79 Å². The van der Waals surface area contributed by atoms with Crippen molar-refractivity contribution in [1.82, 2.24) is 0 Å². The Morgan fingerprint density at radius 1 is 1.24 bits per heavy atom. The lowest BCUT2D eigenvalue weighted by atomic mass is 10.0. The molecule has 2 aromatic rings. The van der Waals surface area contributed by atoms with Crippen molar-refractivity contribution in [2.24, 2.45) is 0 Å². The standard InChI is InChI=1S/C18H20N2O/c1-2-13-5-3-7-16(11-13)20-18(21)15-8-9-17-14(12-15)6-4-10-19-17/h3,5,7-9,11-12,19H,2,4,6,10H2,1H3,(H,20,21). The van der Waals surface area contributed by atoms with Crippen molar-refractivity contribution in [1.29, 1.82) is 0 Å².